The molecule has 34 heavy (non-hydrogen) atoms. The molecule has 0 radical (unpaired) electrons. The van der Waals surface area contributed by atoms with Crippen molar-refractivity contribution < 1.29 is 19.1 Å². The zero-order valence-electron chi connectivity index (χ0n) is 22.5. The molecule has 0 saturated heterocycles. The molecule has 1 aromatic carbocycles. The molecule has 3 amide bonds. The van der Waals surface area contributed by atoms with Crippen LogP contribution in [0.3, 0.4) is 0 Å². The van der Waals surface area contributed by atoms with E-state index in [9.17, 15) is 14.4 Å². The number of nitrogens with zero attached hydrogens (tertiary/aromatic N) is 1. The van der Waals surface area contributed by atoms with Crippen LogP contribution in [-0.4, -0.2) is 46.5 Å². The molecule has 0 heterocycles. The standard InChI is InChI=1S/C27H45N3O4/c1-10-13-18(4)28-24(31)23(22-16-14-21(12-3)15-17-22)30(19(5)11-2)25(32)20(6)29-26(33)34-27(7,8)9/h14-20,23H,10-13H2,1-9H3,(H,28,31)(H,29,33). The van der Waals surface area contributed by atoms with Gasteiger partial charge in [-0.3, -0.25) is 9.59 Å². The van der Waals surface area contributed by atoms with Crippen LogP contribution in [0, 0.1) is 0 Å². The summed E-state index contributed by atoms with van der Waals surface area (Å²) in [5.74, 6) is -0.550. The minimum Gasteiger partial charge on any atom is -0.444 e. The summed E-state index contributed by atoms with van der Waals surface area (Å²) < 4.78 is 5.32. The van der Waals surface area contributed by atoms with Gasteiger partial charge in [0, 0.05) is 12.1 Å². The lowest BCUT2D eigenvalue weighted by molar-refractivity contribution is -0.145. The summed E-state index contributed by atoms with van der Waals surface area (Å²) in [6, 6.07) is 5.92. The normalized spacial score (nSPS) is 15.0. The predicted molar refractivity (Wildman–Crippen MR) is 137 cm³/mol. The summed E-state index contributed by atoms with van der Waals surface area (Å²) in [4.78, 5) is 41.2. The molecule has 2 N–H and O–H groups in total. The van der Waals surface area contributed by atoms with Crippen LogP contribution in [0.5, 0.6) is 0 Å². The maximum absolute atomic E-state index is 13.7. The van der Waals surface area contributed by atoms with Gasteiger partial charge >= 0.3 is 6.09 Å². The minimum atomic E-state index is -0.859. The molecule has 4 atom stereocenters. The van der Waals surface area contributed by atoms with E-state index in [2.05, 4.69) is 24.5 Å². The number of benzene rings is 1. The maximum atomic E-state index is 13.7. The number of aryl methyl sites for hydroxylation is 1. The van der Waals surface area contributed by atoms with Gasteiger partial charge in [-0.25, -0.2) is 4.79 Å². The first-order valence-electron chi connectivity index (χ1n) is 12.5. The molecule has 0 aliphatic rings. The van der Waals surface area contributed by atoms with Crippen LogP contribution in [0.2, 0.25) is 0 Å². The lowest BCUT2D eigenvalue weighted by Crippen LogP contribution is -2.55. The van der Waals surface area contributed by atoms with Crippen molar-refractivity contribution >= 4 is 17.9 Å². The molecule has 0 aliphatic heterocycles. The molecule has 0 spiro atoms. The summed E-state index contributed by atoms with van der Waals surface area (Å²) in [6.07, 6.45) is 2.67. The Morgan fingerprint density at radius 3 is 2.03 bits per heavy atom. The van der Waals surface area contributed by atoms with Crippen molar-refractivity contribution in [3.63, 3.8) is 0 Å². The highest BCUT2D eigenvalue weighted by molar-refractivity contribution is 5.92. The van der Waals surface area contributed by atoms with Crippen molar-refractivity contribution in [2.45, 2.75) is 118 Å². The van der Waals surface area contributed by atoms with E-state index in [0.29, 0.717) is 6.42 Å². The number of rotatable bonds is 11. The molecule has 0 saturated carbocycles. The van der Waals surface area contributed by atoms with Gasteiger partial charge in [-0.2, -0.15) is 0 Å². The fourth-order valence-corrected chi connectivity index (χ4v) is 3.77. The Morgan fingerprint density at radius 2 is 1.56 bits per heavy atom. The largest absolute Gasteiger partial charge is 0.444 e. The van der Waals surface area contributed by atoms with Crippen molar-refractivity contribution in [2.75, 3.05) is 0 Å². The SMILES string of the molecule is CCCC(C)NC(=O)C(c1ccc(CC)cc1)N(C(=O)C(C)NC(=O)OC(C)(C)C)C(C)CC. The van der Waals surface area contributed by atoms with Gasteiger partial charge in [-0.05, 0) is 71.9 Å². The van der Waals surface area contributed by atoms with Crippen LogP contribution in [0.4, 0.5) is 4.79 Å². The van der Waals surface area contributed by atoms with Crippen molar-refractivity contribution in [2.24, 2.45) is 0 Å². The quantitative estimate of drug-likeness (QED) is 0.464. The highest BCUT2D eigenvalue weighted by Gasteiger charge is 2.37. The molecular formula is C27H45N3O4. The zero-order chi connectivity index (χ0) is 26.1. The van der Waals surface area contributed by atoms with E-state index in [4.69, 9.17) is 4.74 Å². The minimum absolute atomic E-state index is 0.0129. The van der Waals surface area contributed by atoms with Crippen molar-refractivity contribution in [3.05, 3.63) is 35.4 Å². The lowest BCUT2D eigenvalue weighted by Gasteiger charge is -2.38. The van der Waals surface area contributed by atoms with Gasteiger partial charge in [0.1, 0.15) is 17.7 Å². The summed E-state index contributed by atoms with van der Waals surface area (Å²) in [7, 11) is 0. The van der Waals surface area contributed by atoms with E-state index < -0.39 is 23.8 Å². The highest BCUT2D eigenvalue weighted by Crippen LogP contribution is 2.27. The molecule has 7 nitrogen and oxygen atoms in total. The maximum Gasteiger partial charge on any atom is 0.408 e. The Hall–Kier alpha value is -2.57. The summed E-state index contributed by atoms with van der Waals surface area (Å²) in [5.41, 5.74) is 1.22. The molecule has 0 aliphatic carbocycles. The first-order valence-corrected chi connectivity index (χ1v) is 12.5. The number of carbonyl (C=O) groups excluding carboxylic acids is 3. The molecule has 192 valence electrons. The fraction of sp³-hybridized carbons (Fsp3) is 0.667. The number of hydrogen-bond acceptors (Lipinski definition) is 4. The average molecular weight is 476 g/mol. The molecule has 1 aromatic rings. The fourth-order valence-electron chi connectivity index (χ4n) is 3.77. The van der Waals surface area contributed by atoms with Gasteiger partial charge in [0.2, 0.25) is 11.8 Å². The predicted octanol–water partition coefficient (Wildman–Crippen LogP) is 5.14. The Bertz CT molecular complexity index is 801. The number of alkyl carbamates (subject to hydrolysis) is 1. The number of nitrogens with one attached hydrogen (secondary N) is 2. The third-order valence-electron chi connectivity index (χ3n) is 5.76. The Morgan fingerprint density at radius 1 is 0.971 bits per heavy atom. The highest BCUT2D eigenvalue weighted by atomic mass is 16.6. The third kappa shape index (κ3) is 8.99. The number of amides is 3. The number of hydrogen-bond donors (Lipinski definition) is 2. The molecular weight excluding hydrogens is 430 g/mol. The molecule has 1 rings (SSSR count). The van der Waals surface area contributed by atoms with Crippen molar-refractivity contribution in [1.82, 2.24) is 15.5 Å². The topological polar surface area (TPSA) is 87.7 Å². The summed E-state index contributed by atoms with van der Waals surface area (Å²) in [6.45, 7) is 16.9. The molecule has 4 unspecified atom stereocenters. The number of ether oxygens (including phenoxy) is 1. The summed E-state index contributed by atoms with van der Waals surface area (Å²) in [5, 5.41) is 5.72. The first-order chi connectivity index (χ1) is 15.8. The van der Waals surface area contributed by atoms with E-state index in [-0.39, 0.29) is 23.9 Å². The van der Waals surface area contributed by atoms with E-state index in [1.165, 1.54) is 0 Å². The lowest BCUT2D eigenvalue weighted by atomic mass is 9.98. The molecule has 0 aromatic heterocycles. The smallest absolute Gasteiger partial charge is 0.408 e. The van der Waals surface area contributed by atoms with Crippen molar-refractivity contribution in [1.29, 1.82) is 0 Å². The van der Waals surface area contributed by atoms with Gasteiger partial charge < -0.3 is 20.3 Å². The Labute approximate surface area is 206 Å². The van der Waals surface area contributed by atoms with Gasteiger partial charge in [0.05, 0.1) is 0 Å². The van der Waals surface area contributed by atoms with Gasteiger partial charge in [0.25, 0.3) is 0 Å². The van der Waals surface area contributed by atoms with Crippen LogP contribution >= 0.6 is 0 Å². The van der Waals surface area contributed by atoms with Crippen molar-refractivity contribution in [3.8, 4) is 0 Å². The van der Waals surface area contributed by atoms with E-state index in [1.54, 1.807) is 32.6 Å². The first kappa shape index (κ1) is 29.5. The Balaban J connectivity index is 3.36. The zero-order valence-corrected chi connectivity index (χ0v) is 22.5. The van der Waals surface area contributed by atoms with Gasteiger partial charge in [-0.1, -0.05) is 51.5 Å². The van der Waals surface area contributed by atoms with Crippen LogP contribution in [0.1, 0.15) is 98.7 Å². The Kier molecular flexibility index (Phi) is 11.6. The number of carbonyl (C=O) groups is 3. The van der Waals surface area contributed by atoms with Gasteiger partial charge in [0.15, 0.2) is 0 Å². The van der Waals surface area contributed by atoms with Crippen LogP contribution in [0.15, 0.2) is 24.3 Å². The van der Waals surface area contributed by atoms with Crippen LogP contribution < -0.4 is 10.6 Å². The van der Waals surface area contributed by atoms with E-state index >= 15 is 0 Å². The second-order valence-electron chi connectivity index (χ2n) is 10.1. The average Bonchev–Trinajstić information content (AvgIpc) is 2.75. The van der Waals surface area contributed by atoms with Crippen LogP contribution in [-0.2, 0) is 20.7 Å². The van der Waals surface area contributed by atoms with Crippen LogP contribution in [0.25, 0.3) is 0 Å². The molecule has 0 fully saturated rings. The molecule has 0 bridgehead atoms. The second kappa shape index (κ2) is 13.4. The monoisotopic (exact) mass is 475 g/mol. The molecule has 7 heteroatoms. The van der Waals surface area contributed by atoms with Gasteiger partial charge in [-0.15, -0.1) is 0 Å². The van der Waals surface area contributed by atoms with E-state index in [0.717, 1.165) is 30.4 Å². The van der Waals surface area contributed by atoms with E-state index in [1.807, 2.05) is 45.0 Å². The third-order valence-corrected chi connectivity index (χ3v) is 5.76. The summed E-state index contributed by atoms with van der Waals surface area (Å²) >= 11 is 0. The second-order valence-corrected chi connectivity index (χ2v) is 10.1.